The Balaban J connectivity index is 1.90. The molecule has 1 N–H and O–H groups in total. The number of alkyl halides is 1. The number of fused-ring (bicyclic) bond motifs is 1. The second-order valence-corrected chi connectivity index (χ2v) is 12.1. The van der Waals surface area contributed by atoms with Gasteiger partial charge in [-0.25, -0.2) is 9.97 Å². The number of aliphatic hydroxyl groups is 1. The molecule has 1 aliphatic rings. The van der Waals surface area contributed by atoms with E-state index in [4.69, 9.17) is 21.1 Å². The molecule has 1 unspecified atom stereocenters. The lowest BCUT2D eigenvalue weighted by Gasteiger charge is -2.19. The van der Waals surface area contributed by atoms with E-state index in [1.54, 1.807) is 17.8 Å². The van der Waals surface area contributed by atoms with E-state index >= 15 is 0 Å². The minimum Gasteiger partial charge on any atom is -0.476 e. The van der Waals surface area contributed by atoms with E-state index in [1.165, 1.54) is 0 Å². The fourth-order valence-corrected chi connectivity index (χ4v) is 4.36. The molecule has 0 amide bonds. The summed E-state index contributed by atoms with van der Waals surface area (Å²) in [5.74, 6) is 1.02. The number of ether oxygens (including phenoxy) is 2. The lowest BCUT2D eigenvalue weighted by molar-refractivity contribution is -0.0176. The Bertz CT molecular complexity index is 837. The minimum atomic E-state index is -1.19. The molecule has 0 bridgehead atoms. The van der Waals surface area contributed by atoms with Gasteiger partial charge < -0.3 is 14.6 Å². The molecule has 26 heavy (non-hydrogen) atoms. The van der Waals surface area contributed by atoms with Gasteiger partial charge in [0.25, 0.3) is 0 Å². The number of aromatic nitrogens is 4. The Hall–Kier alpha value is -1.14. The number of hydrogen-bond donors (Lipinski definition) is 1. The Kier molecular flexibility index (Phi) is 5.63. The molecule has 7 nitrogen and oxygen atoms in total. The number of rotatable bonds is 6. The van der Waals surface area contributed by atoms with Gasteiger partial charge in [-0.2, -0.15) is 4.98 Å². The lowest BCUT2D eigenvalue weighted by Crippen LogP contribution is -2.28. The normalized spacial score (nSPS) is 26.5. The van der Waals surface area contributed by atoms with Crippen LogP contribution in [0.5, 0.6) is 5.88 Å². The molecule has 1 saturated heterocycles. The van der Waals surface area contributed by atoms with Crippen LogP contribution in [-0.4, -0.2) is 74.6 Å². The van der Waals surface area contributed by atoms with Gasteiger partial charge in [-0.05, 0) is 39.8 Å². The third kappa shape index (κ3) is 3.91. The molecule has 0 aromatic carbocycles. The number of aliphatic hydroxyl groups excluding tert-OH is 1. The highest BCUT2D eigenvalue weighted by atomic mass is 35.5. The van der Waals surface area contributed by atoms with Crippen molar-refractivity contribution in [3.8, 4) is 5.88 Å². The maximum atomic E-state index is 10.5. The van der Waals surface area contributed by atoms with Crippen molar-refractivity contribution < 1.29 is 14.6 Å². The van der Waals surface area contributed by atoms with E-state index in [0.717, 1.165) is 12.6 Å². The molecule has 9 heteroatoms. The zero-order chi connectivity index (χ0) is 19.1. The SMILES string of the molecule is C=P(C)(C)CCC1O[C@@H](n2cnc3c(OCC)nc(C)nc32)[C@H](Cl)[C@@H]1O. The summed E-state index contributed by atoms with van der Waals surface area (Å²) in [6, 6.07) is 0. The van der Waals surface area contributed by atoms with Crippen LogP contribution in [0.25, 0.3) is 11.2 Å². The maximum Gasteiger partial charge on any atom is 0.245 e. The molecule has 4 atom stereocenters. The monoisotopic (exact) mass is 400 g/mol. The van der Waals surface area contributed by atoms with Crippen molar-refractivity contribution in [3.05, 3.63) is 12.2 Å². The molecule has 3 rings (SSSR count). The van der Waals surface area contributed by atoms with Crippen molar-refractivity contribution in [1.82, 2.24) is 19.5 Å². The highest BCUT2D eigenvalue weighted by Crippen LogP contribution is 2.41. The summed E-state index contributed by atoms with van der Waals surface area (Å²) < 4.78 is 13.4. The number of hydrogen-bond acceptors (Lipinski definition) is 6. The van der Waals surface area contributed by atoms with E-state index in [1.807, 2.05) is 6.92 Å². The molecular weight excluding hydrogens is 375 g/mol. The molecular formula is C17H26ClN4O3P. The first-order chi connectivity index (χ1) is 12.2. The number of nitrogens with zero attached hydrogens (tertiary/aromatic N) is 4. The minimum absolute atomic E-state index is 0.324. The van der Waals surface area contributed by atoms with Gasteiger partial charge in [-0.15, -0.1) is 24.8 Å². The number of halogens is 1. The molecule has 1 fully saturated rings. The summed E-state index contributed by atoms with van der Waals surface area (Å²) in [6.07, 6.45) is 5.89. The maximum absolute atomic E-state index is 10.5. The summed E-state index contributed by atoms with van der Waals surface area (Å²) in [7, 11) is 0. The Labute approximate surface area is 158 Å². The predicted molar refractivity (Wildman–Crippen MR) is 106 cm³/mol. The van der Waals surface area contributed by atoms with Gasteiger partial charge in [0.15, 0.2) is 17.4 Å². The van der Waals surface area contributed by atoms with Crippen molar-refractivity contribution in [1.29, 1.82) is 0 Å². The van der Waals surface area contributed by atoms with Crippen molar-refractivity contribution in [2.24, 2.45) is 0 Å². The topological polar surface area (TPSA) is 82.3 Å². The fraction of sp³-hybridized carbons (Fsp3) is 0.647. The van der Waals surface area contributed by atoms with Gasteiger partial charge in [0.05, 0.1) is 19.0 Å². The molecule has 3 heterocycles. The Morgan fingerprint density at radius 2 is 2.15 bits per heavy atom. The van der Waals surface area contributed by atoms with Crippen molar-refractivity contribution in [3.63, 3.8) is 0 Å². The standard InChI is InChI=1S/C17H26ClN4O3P/c1-6-24-16-13-15(20-10(2)21-16)22(9-19-13)17-12(18)14(23)11(25-17)7-8-26(3,4)5/h9,11-12,14,17,23H,3,6-8H2,1-2,4-5H3/t11?,12-,14-,17-/m1/s1. The van der Waals surface area contributed by atoms with Crippen LogP contribution in [0, 0.1) is 6.92 Å². The summed E-state index contributed by atoms with van der Waals surface area (Å²) in [6.45, 7) is 7.32. The quantitative estimate of drug-likeness (QED) is 0.592. The largest absolute Gasteiger partial charge is 0.476 e. The average molecular weight is 401 g/mol. The Morgan fingerprint density at radius 1 is 1.42 bits per heavy atom. The zero-order valence-electron chi connectivity index (χ0n) is 15.6. The first kappa shape index (κ1) is 19.6. The first-order valence-electron chi connectivity index (χ1n) is 8.70. The van der Waals surface area contributed by atoms with Crippen molar-refractivity contribution in [2.45, 2.75) is 44.1 Å². The van der Waals surface area contributed by atoms with Crippen LogP contribution in [0.1, 0.15) is 25.4 Å². The number of imidazole rings is 1. The highest BCUT2D eigenvalue weighted by Gasteiger charge is 2.44. The summed E-state index contributed by atoms with van der Waals surface area (Å²) in [5.41, 5.74) is 1.15. The Morgan fingerprint density at radius 3 is 2.81 bits per heavy atom. The first-order valence-corrected chi connectivity index (χ1v) is 12.2. The molecule has 2 aromatic heterocycles. The molecule has 144 valence electrons. The van der Waals surface area contributed by atoms with Gasteiger partial charge in [-0.1, -0.05) is 0 Å². The average Bonchev–Trinajstić information content (AvgIpc) is 3.08. The van der Waals surface area contributed by atoms with Crippen LogP contribution in [0.2, 0.25) is 0 Å². The summed E-state index contributed by atoms with van der Waals surface area (Å²) in [5, 5.41) is 9.94. The molecule has 1 aliphatic heterocycles. The molecule has 0 saturated carbocycles. The van der Waals surface area contributed by atoms with E-state index in [2.05, 4.69) is 34.6 Å². The van der Waals surface area contributed by atoms with E-state index in [9.17, 15) is 5.11 Å². The fourth-order valence-electron chi connectivity index (χ4n) is 3.06. The summed E-state index contributed by atoms with van der Waals surface area (Å²) in [4.78, 5) is 13.2. The lowest BCUT2D eigenvalue weighted by atomic mass is 10.1. The van der Waals surface area contributed by atoms with Crippen molar-refractivity contribution in [2.75, 3.05) is 26.1 Å². The zero-order valence-corrected chi connectivity index (χ0v) is 17.2. The third-order valence-corrected chi connectivity index (χ3v) is 6.31. The third-order valence-electron chi connectivity index (χ3n) is 4.37. The highest BCUT2D eigenvalue weighted by molar-refractivity contribution is 7.72. The van der Waals surface area contributed by atoms with Crippen LogP contribution < -0.4 is 4.74 Å². The second kappa shape index (κ2) is 7.47. The number of aryl methyl sites for hydroxylation is 1. The van der Waals surface area contributed by atoms with Crippen LogP contribution in [0.15, 0.2) is 6.33 Å². The second-order valence-electron chi connectivity index (χ2n) is 7.28. The van der Waals surface area contributed by atoms with Crippen LogP contribution in [0.4, 0.5) is 0 Å². The van der Waals surface area contributed by atoms with E-state index < -0.39 is 24.6 Å². The predicted octanol–water partition coefficient (Wildman–Crippen LogP) is 2.50. The smallest absolute Gasteiger partial charge is 0.245 e. The molecule has 0 aliphatic carbocycles. The van der Waals surface area contributed by atoms with Gasteiger partial charge in [0.2, 0.25) is 5.88 Å². The van der Waals surface area contributed by atoms with Crippen LogP contribution in [0.3, 0.4) is 0 Å². The van der Waals surface area contributed by atoms with Gasteiger partial charge >= 0.3 is 0 Å². The molecule has 0 radical (unpaired) electrons. The van der Waals surface area contributed by atoms with E-state index in [0.29, 0.717) is 29.5 Å². The van der Waals surface area contributed by atoms with Gasteiger partial charge in [0, 0.05) is 0 Å². The van der Waals surface area contributed by atoms with Gasteiger partial charge in [-0.3, -0.25) is 4.57 Å². The van der Waals surface area contributed by atoms with Crippen LogP contribution in [-0.2, 0) is 4.74 Å². The summed E-state index contributed by atoms with van der Waals surface area (Å²) >= 11 is 6.50. The van der Waals surface area contributed by atoms with Crippen LogP contribution >= 0.6 is 18.5 Å². The van der Waals surface area contributed by atoms with Crippen molar-refractivity contribution >= 4 is 36.0 Å². The molecule has 2 aromatic rings. The van der Waals surface area contributed by atoms with Gasteiger partial charge in [0.1, 0.15) is 17.3 Å². The molecule has 0 spiro atoms. The van der Waals surface area contributed by atoms with E-state index in [-0.39, 0.29) is 6.10 Å².